The molecule has 0 spiro atoms. The highest BCUT2D eigenvalue weighted by atomic mass is 35.5. The summed E-state index contributed by atoms with van der Waals surface area (Å²) in [6, 6.07) is 0.427. The van der Waals surface area contributed by atoms with Crippen LogP contribution in [0.15, 0.2) is 6.20 Å². The fraction of sp³-hybridized carbons (Fsp3) is 0.667. The molecule has 18 heavy (non-hydrogen) atoms. The van der Waals surface area contributed by atoms with E-state index in [9.17, 15) is 0 Å². The van der Waals surface area contributed by atoms with Crippen molar-refractivity contribution in [1.82, 2.24) is 9.97 Å². The molecule has 1 heterocycles. The maximum Gasteiger partial charge on any atom is 0.239 e. The van der Waals surface area contributed by atoms with Crippen molar-refractivity contribution in [2.75, 3.05) is 10.7 Å². The van der Waals surface area contributed by atoms with Crippen LogP contribution in [0.4, 0.5) is 11.8 Å². The van der Waals surface area contributed by atoms with Crippen molar-refractivity contribution in [3.8, 4) is 0 Å². The molecule has 0 atom stereocenters. The van der Waals surface area contributed by atoms with Crippen LogP contribution in [0.1, 0.15) is 39.5 Å². The lowest BCUT2D eigenvalue weighted by Crippen LogP contribution is -2.30. The second-order valence-corrected chi connectivity index (χ2v) is 6.02. The van der Waals surface area contributed by atoms with Crippen LogP contribution in [-0.4, -0.2) is 16.0 Å². The molecule has 1 fully saturated rings. The second-order valence-electron chi connectivity index (χ2n) is 5.62. The van der Waals surface area contributed by atoms with E-state index < -0.39 is 0 Å². The summed E-state index contributed by atoms with van der Waals surface area (Å²) >= 11 is 6.07. The summed E-state index contributed by atoms with van der Waals surface area (Å²) in [5.74, 6) is 6.32. The van der Waals surface area contributed by atoms with Gasteiger partial charge in [0.25, 0.3) is 0 Å². The predicted octanol–water partition coefficient (Wildman–Crippen LogP) is 2.80. The molecular formula is C12H20ClN5. The molecule has 0 saturated heterocycles. The second kappa shape index (κ2) is 5.28. The van der Waals surface area contributed by atoms with Gasteiger partial charge in [-0.1, -0.05) is 25.4 Å². The monoisotopic (exact) mass is 269 g/mol. The van der Waals surface area contributed by atoms with Crippen LogP contribution < -0.4 is 16.6 Å². The smallest absolute Gasteiger partial charge is 0.239 e. The minimum atomic E-state index is 0.373. The molecule has 2 rings (SSSR count). The van der Waals surface area contributed by atoms with Crippen molar-refractivity contribution in [3.63, 3.8) is 0 Å². The number of anilines is 2. The third kappa shape index (κ3) is 3.23. The molecule has 1 aliphatic rings. The Morgan fingerprint density at radius 3 is 2.67 bits per heavy atom. The van der Waals surface area contributed by atoms with Gasteiger partial charge < -0.3 is 5.32 Å². The number of hydrogen-bond acceptors (Lipinski definition) is 5. The number of rotatable bonds is 3. The minimum absolute atomic E-state index is 0.373. The van der Waals surface area contributed by atoms with Gasteiger partial charge in [-0.05, 0) is 31.1 Å². The van der Waals surface area contributed by atoms with Crippen LogP contribution in [0, 0.1) is 5.41 Å². The molecule has 0 aliphatic heterocycles. The zero-order valence-electron chi connectivity index (χ0n) is 10.8. The first-order valence-electron chi connectivity index (χ1n) is 6.26. The number of nitrogens with two attached hydrogens (primary N) is 1. The molecule has 5 nitrogen and oxygen atoms in total. The normalized spacial score (nSPS) is 19.6. The molecular weight excluding hydrogens is 250 g/mol. The van der Waals surface area contributed by atoms with Crippen LogP contribution in [0.25, 0.3) is 0 Å². The van der Waals surface area contributed by atoms with Crippen molar-refractivity contribution in [3.05, 3.63) is 11.2 Å². The van der Waals surface area contributed by atoms with Crippen LogP contribution in [0.5, 0.6) is 0 Å². The maximum atomic E-state index is 6.07. The fourth-order valence-corrected chi connectivity index (χ4v) is 2.42. The molecule has 100 valence electrons. The lowest BCUT2D eigenvalue weighted by molar-refractivity contribution is 0.232. The fourth-order valence-electron chi connectivity index (χ4n) is 2.27. The average Bonchev–Trinajstić information content (AvgIpc) is 2.34. The number of halogens is 1. The topological polar surface area (TPSA) is 75.9 Å². The summed E-state index contributed by atoms with van der Waals surface area (Å²) in [6.07, 6.45) is 6.26. The van der Waals surface area contributed by atoms with Crippen molar-refractivity contribution in [1.29, 1.82) is 0 Å². The third-order valence-electron chi connectivity index (χ3n) is 3.55. The highest BCUT2D eigenvalue weighted by Crippen LogP contribution is 2.36. The Morgan fingerprint density at radius 1 is 1.39 bits per heavy atom. The van der Waals surface area contributed by atoms with Crippen molar-refractivity contribution < 1.29 is 0 Å². The lowest BCUT2D eigenvalue weighted by Gasteiger charge is -2.34. The van der Waals surface area contributed by atoms with Gasteiger partial charge in [0.2, 0.25) is 5.95 Å². The molecule has 0 radical (unpaired) electrons. The molecule has 1 aliphatic carbocycles. The summed E-state index contributed by atoms with van der Waals surface area (Å²) in [6.45, 7) is 4.63. The molecule has 1 aromatic heterocycles. The zero-order chi connectivity index (χ0) is 13.2. The van der Waals surface area contributed by atoms with E-state index in [2.05, 4.69) is 34.6 Å². The summed E-state index contributed by atoms with van der Waals surface area (Å²) in [4.78, 5) is 8.19. The van der Waals surface area contributed by atoms with Crippen LogP contribution in [0.3, 0.4) is 0 Å². The van der Waals surface area contributed by atoms with Crippen LogP contribution >= 0.6 is 11.6 Å². The number of nitrogens with one attached hydrogen (secondary N) is 2. The van der Waals surface area contributed by atoms with Crippen LogP contribution in [0.2, 0.25) is 5.02 Å². The summed E-state index contributed by atoms with van der Waals surface area (Å²) in [5.41, 5.74) is 2.88. The van der Waals surface area contributed by atoms with Gasteiger partial charge >= 0.3 is 0 Å². The van der Waals surface area contributed by atoms with Gasteiger partial charge in [0.15, 0.2) is 5.82 Å². The predicted molar refractivity (Wildman–Crippen MR) is 74.5 cm³/mol. The summed E-state index contributed by atoms with van der Waals surface area (Å²) < 4.78 is 0. The van der Waals surface area contributed by atoms with E-state index >= 15 is 0 Å². The molecule has 1 aromatic rings. The van der Waals surface area contributed by atoms with E-state index in [-0.39, 0.29) is 0 Å². The van der Waals surface area contributed by atoms with Crippen molar-refractivity contribution >= 4 is 23.4 Å². The molecule has 4 N–H and O–H groups in total. The van der Waals surface area contributed by atoms with Gasteiger partial charge in [0.05, 0.1) is 6.20 Å². The number of hydrogen-bond donors (Lipinski definition) is 3. The third-order valence-corrected chi connectivity index (χ3v) is 3.83. The van der Waals surface area contributed by atoms with E-state index in [1.54, 1.807) is 6.20 Å². The Bertz CT molecular complexity index is 411. The minimum Gasteiger partial charge on any atom is -0.366 e. The Balaban J connectivity index is 2.01. The average molecular weight is 270 g/mol. The van der Waals surface area contributed by atoms with E-state index in [0.717, 1.165) is 12.8 Å². The van der Waals surface area contributed by atoms with Crippen molar-refractivity contribution in [2.24, 2.45) is 11.3 Å². The Morgan fingerprint density at radius 2 is 2.06 bits per heavy atom. The zero-order valence-corrected chi connectivity index (χ0v) is 11.6. The molecule has 0 amide bonds. The van der Waals surface area contributed by atoms with E-state index in [4.69, 9.17) is 17.4 Å². The molecule has 1 saturated carbocycles. The molecule has 0 aromatic carbocycles. The van der Waals surface area contributed by atoms with Gasteiger partial charge in [0.1, 0.15) is 5.02 Å². The van der Waals surface area contributed by atoms with Gasteiger partial charge in [-0.3, -0.25) is 5.43 Å². The van der Waals surface area contributed by atoms with Crippen LogP contribution in [-0.2, 0) is 0 Å². The first-order chi connectivity index (χ1) is 8.50. The van der Waals surface area contributed by atoms with Crippen molar-refractivity contribution in [2.45, 2.75) is 45.6 Å². The first-order valence-corrected chi connectivity index (χ1v) is 6.64. The van der Waals surface area contributed by atoms with E-state index in [1.165, 1.54) is 12.8 Å². The maximum absolute atomic E-state index is 6.07. The Kier molecular flexibility index (Phi) is 3.92. The quantitative estimate of drug-likeness (QED) is 0.581. The summed E-state index contributed by atoms with van der Waals surface area (Å²) in [7, 11) is 0. The first kappa shape index (κ1) is 13.4. The Hall–Kier alpha value is -1.07. The molecule has 0 bridgehead atoms. The van der Waals surface area contributed by atoms with E-state index in [0.29, 0.717) is 28.2 Å². The number of aromatic nitrogens is 2. The summed E-state index contributed by atoms with van der Waals surface area (Å²) in [5, 5.41) is 3.91. The van der Waals surface area contributed by atoms with Gasteiger partial charge in [-0.15, -0.1) is 0 Å². The lowest BCUT2D eigenvalue weighted by atomic mass is 9.75. The van der Waals surface area contributed by atoms with Gasteiger partial charge in [-0.2, -0.15) is 4.98 Å². The van der Waals surface area contributed by atoms with Gasteiger partial charge in [0, 0.05) is 6.04 Å². The number of hydrazine groups is 1. The standard InChI is InChI=1S/C12H20ClN5/c1-12(2)5-3-8(4-6-12)16-10-9(13)7-15-11(17-10)18-14/h7-8H,3-6,14H2,1-2H3,(H2,15,16,17,18). The molecule has 6 heteroatoms. The number of nitrogen functional groups attached to an aromatic ring is 1. The molecule has 0 unspecified atom stereocenters. The van der Waals surface area contributed by atoms with Gasteiger partial charge in [-0.25, -0.2) is 10.8 Å². The highest BCUT2D eigenvalue weighted by Gasteiger charge is 2.27. The number of nitrogens with zero attached hydrogens (tertiary/aromatic N) is 2. The highest BCUT2D eigenvalue weighted by molar-refractivity contribution is 6.32. The van der Waals surface area contributed by atoms with E-state index in [1.807, 2.05) is 0 Å². The SMILES string of the molecule is CC1(C)CCC(Nc2nc(NN)ncc2Cl)CC1. The largest absolute Gasteiger partial charge is 0.366 e. The Labute approximate surface area is 112 Å².